The van der Waals surface area contributed by atoms with E-state index in [-0.39, 0.29) is 43.1 Å². The molecule has 1 aliphatic heterocycles. The average Bonchev–Trinajstić information content (AvgIpc) is 3.28. The van der Waals surface area contributed by atoms with Crippen LogP contribution in [0.25, 0.3) is 0 Å². The predicted molar refractivity (Wildman–Crippen MR) is 105 cm³/mol. The third-order valence-corrected chi connectivity index (χ3v) is 4.07. The van der Waals surface area contributed by atoms with E-state index in [0.29, 0.717) is 23.0 Å². The average molecular weight is 483 g/mol. The lowest BCUT2D eigenvalue weighted by Gasteiger charge is -2.13. The molecule has 9 heteroatoms. The van der Waals surface area contributed by atoms with Crippen molar-refractivity contribution in [2.24, 2.45) is 10.9 Å². The molecule has 146 valence electrons. The minimum atomic E-state index is -2.91. The number of nitrogens with one attached hydrogen (secondary N) is 2. The molecule has 1 aliphatic carbocycles. The van der Waals surface area contributed by atoms with Gasteiger partial charge in [0.05, 0.1) is 6.54 Å². The van der Waals surface area contributed by atoms with Crippen LogP contribution in [0.1, 0.15) is 31.7 Å². The Morgan fingerprint density at radius 2 is 2.00 bits per heavy atom. The molecule has 0 unspecified atom stereocenters. The molecule has 1 heterocycles. The number of aliphatic imine (C=N–C) groups is 1. The Kier molecular flexibility index (Phi) is 7.98. The highest BCUT2D eigenvalue weighted by Gasteiger charge is 2.21. The second-order valence-electron chi connectivity index (χ2n) is 6.05. The van der Waals surface area contributed by atoms with Crippen LogP contribution in [-0.2, 0) is 6.54 Å². The highest BCUT2D eigenvalue weighted by Crippen LogP contribution is 2.39. The monoisotopic (exact) mass is 483 g/mol. The second kappa shape index (κ2) is 9.98. The van der Waals surface area contributed by atoms with Gasteiger partial charge in [0.25, 0.3) is 0 Å². The summed E-state index contributed by atoms with van der Waals surface area (Å²) < 4.78 is 40.5. The number of nitrogens with zero attached hydrogens (tertiary/aromatic N) is 1. The van der Waals surface area contributed by atoms with Crippen molar-refractivity contribution in [3.63, 3.8) is 0 Å². The predicted octanol–water partition coefficient (Wildman–Crippen LogP) is 3.49. The molecule has 1 fully saturated rings. The van der Waals surface area contributed by atoms with Gasteiger partial charge in [0.2, 0.25) is 6.79 Å². The zero-order chi connectivity index (χ0) is 17.6. The van der Waals surface area contributed by atoms with Gasteiger partial charge in [-0.05, 0) is 25.3 Å². The van der Waals surface area contributed by atoms with Gasteiger partial charge in [-0.1, -0.05) is 12.8 Å². The van der Waals surface area contributed by atoms with Crippen molar-refractivity contribution in [1.82, 2.24) is 10.6 Å². The van der Waals surface area contributed by atoms with E-state index in [1.54, 1.807) is 6.07 Å². The smallest absolute Gasteiger partial charge is 0.387 e. The number of benzene rings is 1. The van der Waals surface area contributed by atoms with Crippen molar-refractivity contribution >= 4 is 29.9 Å². The maximum Gasteiger partial charge on any atom is 0.387 e. The molecule has 0 bridgehead atoms. The number of rotatable bonds is 8. The Morgan fingerprint density at radius 1 is 1.27 bits per heavy atom. The number of alkyl halides is 2. The molecule has 1 aromatic rings. The van der Waals surface area contributed by atoms with E-state index >= 15 is 0 Å². The first-order chi connectivity index (χ1) is 12.2. The summed E-state index contributed by atoms with van der Waals surface area (Å²) in [4.78, 5) is 4.47. The Morgan fingerprint density at radius 3 is 2.65 bits per heavy atom. The van der Waals surface area contributed by atoms with Gasteiger partial charge < -0.3 is 24.8 Å². The molecule has 0 radical (unpaired) electrons. The van der Waals surface area contributed by atoms with Crippen LogP contribution in [0.15, 0.2) is 17.1 Å². The summed E-state index contributed by atoms with van der Waals surface area (Å²) in [6.07, 6.45) is 3.73. The lowest BCUT2D eigenvalue weighted by molar-refractivity contribution is -0.0505. The molecular formula is C17H24F2IN3O3. The molecule has 0 aromatic heterocycles. The van der Waals surface area contributed by atoms with E-state index in [0.717, 1.165) is 25.4 Å². The molecule has 26 heavy (non-hydrogen) atoms. The number of hydrogen-bond donors (Lipinski definition) is 2. The first-order valence-electron chi connectivity index (χ1n) is 8.55. The highest BCUT2D eigenvalue weighted by atomic mass is 127. The second-order valence-corrected chi connectivity index (χ2v) is 6.05. The molecule has 0 amide bonds. The molecule has 0 atom stereocenters. The molecule has 2 N–H and O–H groups in total. The zero-order valence-corrected chi connectivity index (χ0v) is 16.9. The van der Waals surface area contributed by atoms with Crippen molar-refractivity contribution in [3.05, 3.63) is 17.7 Å². The van der Waals surface area contributed by atoms with Crippen molar-refractivity contribution in [1.29, 1.82) is 0 Å². The Bertz CT molecular complexity index is 628. The molecule has 1 aromatic carbocycles. The number of halogens is 3. The molecule has 0 saturated heterocycles. The number of hydrogen-bond acceptors (Lipinski definition) is 4. The molecule has 0 spiro atoms. The Hall–Kier alpha value is -1.52. The van der Waals surface area contributed by atoms with Crippen molar-refractivity contribution in [2.75, 3.05) is 19.9 Å². The summed E-state index contributed by atoms with van der Waals surface area (Å²) in [7, 11) is 0. The van der Waals surface area contributed by atoms with Gasteiger partial charge in [-0.15, -0.1) is 24.0 Å². The van der Waals surface area contributed by atoms with Crippen molar-refractivity contribution in [3.8, 4) is 17.2 Å². The highest BCUT2D eigenvalue weighted by molar-refractivity contribution is 14.0. The number of fused-ring (bicyclic) bond motifs is 1. The van der Waals surface area contributed by atoms with Gasteiger partial charge >= 0.3 is 6.61 Å². The van der Waals surface area contributed by atoms with Crippen LogP contribution in [0.3, 0.4) is 0 Å². The summed E-state index contributed by atoms with van der Waals surface area (Å²) in [6.45, 7) is 0.894. The molecule has 3 rings (SSSR count). The maximum atomic E-state index is 12.7. The summed E-state index contributed by atoms with van der Waals surface area (Å²) in [5.74, 6) is 2.45. The van der Waals surface area contributed by atoms with Crippen molar-refractivity contribution in [2.45, 2.75) is 39.3 Å². The van der Waals surface area contributed by atoms with Gasteiger partial charge in [-0.2, -0.15) is 8.78 Å². The normalized spacial score (nSPS) is 15.6. The summed E-state index contributed by atoms with van der Waals surface area (Å²) >= 11 is 0. The summed E-state index contributed by atoms with van der Waals surface area (Å²) in [5.41, 5.74) is 0.518. The molecule has 2 aliphatic rings. The van der Waals surface area contributed by atoms with Crippen LogP contribution in [-0.4, -0.2) is 32.5 Å². The third kappa shape index (κ3) is 6.03. The minimum Gasteiger partial charge on any atom is -0.454 e. The SMILES string of the molecule is CCNC(=NCc1cc2c(cc1OC(F)F)OCO2)NCCC1CC1.I. The number of ether oxygens (including phenoxy) is 3. The van der Waals surface area contributed by atoms with E-state index in [1.807, 2.05) is 6.92 Å². The first kappa shape index (κ1) is 20.8. The topological polar surface area (TPSA) is 64.1 Å². The van der Waals surface area contributed by atoms with Gasteiger partial charge in [-0.3, -0.25) is 0 Å². The quantitative estimate of drug-likeness (QED) is 0.337. The third-order valence-electron chi connectivity index (χ3n) is 4.07. The van der Waals surface area contributed by atoms with Crippen LogP contribution in [0.5, 0.6) is 17.2 Å². The van der Waals surface area contributed by atoms with E-state index < -0.39 is 6.61 Å². The zero-order valence-electron chi connectivity index (χ0n) is 14.6. The maximum absolute atomic E-state index is 12.7. The van der Waals surface area contributed by atoms with Crippen LogP contribution in [0.4, 0.5) is 8.78 Å². The fraction of sp³-hybridized carbons (Fsp3) is 0.588. The Labute approximate surface area is 168 Å². The first-order valence-corrected chi connectivity index (χ1v) is 8.55. The van der Waals surface area contributed by atoms with Gasteiger partial charge in [0.1, 0.15) is 5.75 Å². The molecular weight excluding hydrogens is 459 g/mol. The fourth-order valence-electron chi connectivity index (χ4n) is 2.60. The Balaban J connectivity index is 0.00000243. The van der Waals surface area contributed by atoms with Gasteiger partial charge in [0.15, 0.2) is 17.5 Å². The summed E-state index contributed by atoms with van der Waals surface area (Å²) in [5, 5.41) is 6.42. The van der Waals surface area contributed by atoms with Crippen LogP contribution >= 0.6 is 24.0 Å². The van der Waals surface area contributed by atoms with E-state index in [1.165, 1.54) is 18.9 Å². The van der Waals surface area contributed by atoms with Crippen LogP contribution < -0.4 is 24.8 Å². The molecule has 1 saturated carbocycles. The van der Waals surface area contributed by atoms with Crippen LogP contribution in [0, 0.1) is 5.92 Å². The summed E-state index contributed by atoms with van der Waals surface area (Å²) in [6, 6.07) is 3.06. The minimum absolute atomic E-state index is 0. The van der Waals surface area contributed by atoms with Gasteiger partial charge in [-0.25, -0.2) is 4.99 Å². The van der Waals surface area contributed by atoms with Gasteiger partial charge in [0, 0.05) is 24.7 Å². The number of guanidine groups is 1. The fourth-order valence-corrected chi connectivity index (χ4v) is 2.60. The molecule has 6 nitrogen and oxygen atoms in total. The van der Waals surface area contributed by atoms with E-state index in [9.17, 15) is 8.78 Å². The lowest BCUT2D eigenvalue weighted by atomic mass is 10.1. The largest absolute Gasteiger partial charge is 0.454 e. The lowest BCUT2D eigenvalue weighted by Crippen LogP contribution is -2.37. The standard InChI is InChI=1S/C17H23F2N3O3.HI/c1-2-20-17(21-6-5-11-3-4-11)22-9-12-7-14-15(24-10-23-14)8-13(12)25-16(18)19;/h7-8,11,16H,2-6,9-10H2,1H3,(H2,20,21,22);1H. The van der Waals surface area contributed by atoms with E-state index in [4.69, 9.17) is 9.47 Å². The van der Waals surface area contributed by atoms with E-state index in [2.05, 4.69) is 20.4 Å². The van der Waals surface area contributed by atoms with Crippen molar-refractivity contribution < 1.29 is 23.0 Å². The van der Waals surface area contributed by atoms with Crippen LogP contribution in [0.2, 0.25) is 0 Å².